The molecule has 2 N–H and O–H groups in total. The average molecular weight is 356 g/mol. The van der Waals surface area contributed by atoms with E-state index in [1.165, 1.54) is 22.9 Å². The first-order valence-electron chi connectivity index (χ1n) is 7.89. The highest BCUT2D eigenvalue weighted by Crippen LogP contribution is 2.21. The van der Waals surface area contributed by atoms with E-state index >= 15 is 0 Å². The van der Waals surface area contributed by atoms with E-state index in [1.54, 1.807) is 12.1 Å². The van der Waals surface area contributed by atoms with Gasteiger partial charge < -0.3 is 9.64 Å². The normalized spacial score (nSPS) is 11.4. The van der Waals surface area contributed by atoms with Crippen LogP contribution in [0.15, 0.2) is 71.6 Å². The number of benzene rings is 3. The van der Waals surface area contributed by atoms with Crippen LogP contribution in [-0.2, 0) is 10.0 Å². The van der Waals surface area contributed by atoms with Gasteiger partial charge in [0.15, 0.2) is 0 Å². The quantitative estimate of drug-likeness (QED) is 0.737. The number of ether oxygens (including phenoxy) is 1. The van der Waals surface area contributed by atoms with E-state index in [-0.39, 0.29) is 4.90 Å². The Morgan fingerprint density at radius 1 is 0.960 bits per heavy atom. The summed E-state index contributed by atoms with van der Waals surface area (Å²) in [5.41, 5.74) is 1.12. The molecule has 6 heteroatoms. The third-order valence-corrected chi connectivity index (χ3v) is 4.95. The summed E-state index contributed by atoms with van der Waals surface area (Å²) in [4.78, 5) is 2.19. The number of primary sulfonamides is 1. The fourth-order valence-electron chi connectivity index (χ4n) is 2.57. The highest BCUT2D eigenvalue weighted by Gasteiger charge is 2.07. The molecule has 0 amide bonds. The maximum atomic E-state index is 11.2. The van der Waals surface area contributed by atoms with Gasteiger partial charge in [-0.3, -0.25) is 0 Å². The highest BCUT2D eigenvalue weighted by atomic mass is 32.2. The van der Waals surface area contributed by atoms with Crippen molar-refractivity contribution < 1.29 is 13.2 Å². The molecule has 3 rings (SSSR count). The fraction of sp³-hybridized carbons (Fsp3) is 0.158. The predicted octanol–water partition coefficient (Wildman–Crippen LogP) is 3.00. The average Bonchev–Trinajstić information content (AvgIpc) is 2.61. The lowest BCUT2D eigenvalue weighted by atomic mass is 10.1. The van der Waals surface area contributed by atoms with Crippen LogP contribution >= 0.6 is 0 Å². The third kappa shape index (κ3) is 4.29. The van der Waals surface area contributed by atoms with Gasteiger partial charge in [0.2, 0.25) is 10.0 Å². The Kier molecular flexibility index (Phi) is 4.92. The monoisotopic (exact) mass is 356 g/mol. The van der Waals surface area contributed by atoms with Crippen LogP contribution in [0.4, 0.5) is 5.69 Å². The lowest BCUT2D eigenvalue weighted by Crippen LogP contribution is -2.23. The van der Waals surface area contributed by atoms with Gasteiger partial charge in [0, 0.05) is 12.7 Å². The van der Waals surface area contributed by atoms with Gasteiger partial charge in [0.05, 0.1) is 11.4 Å². The molecule has 0 saturated heterocycles. The van der Waals surface area contributed by atoms with Crippen LogP contribution in [0.25, 0.3) is 10.8 Å². The predicted molar refractivity (Wildman–Crippen MR) is 101 cm³/mol. The molecule has 0 aliphatic rings. The topological polar surface area (TPSA) is 72.6 Å². The van der Waals surface area contributed by atoms with E-state index in [1.807, 2.05) is 19.2 Å². The number of hydrogen-bond donors (Lipinski definition) is 1. The van der Waals surface area contributed by atoms with Crippen molar-refractivity contribution in [3.8, 4) is 5.75 Å². The zero-order valence-corrected chi connectivity index (χ0v) is 14.7. The van der Waals surface area contributed by atoms with Crippen molar-refractivity contribution in [2.45, 2.75) is 4.90 Å². The molecular formula is C19H20N2O3S. The van der Waals surface area contributed by atoms with Crippen LogP contribution in [-0.4, -0.2) is 28.6 Å². The third-order valence-electron chi connectivity index (χ3n) is 4.02. The van der Waals surface area contributed by atoms with Gasteiger partial charge in [0.1, 0.15) is 12.4 Å². The summed E-state index contributed by atoms with van der Waals surface area (Å²) in [6.07, 6.45) is 0. The molecule has 0 saturated carbocycles. The van der Waals surface area contributed by atoms with Gasteiger partial charge in [-0.2, -0.15) is 0 Å². The van der Waals surface area contributed by atoms with Crippen LogP contribution in [0.3, 0.4) is 0 Å². The van der Waals surface area contributed by atoms with E-state index in [0.717, 1.165) is 5.69 Å². The van der Waals surface area contributed by atoms with Gasteiger partial charge >= 0.3 is 0 Å². The van der Waals surface area contributed by atoms with E-state index in [0.29, 0.717) is 18.9 Å². The summed E-state index contributed by atoms with van der Waals surface area (Å²) in [7, 11) is -1.66. The lowest BCUT2D eigenvalue weighted by molar-refractivity contribution is 0.326. The number of sulfonamides is 1. The van der Waals surface area contributed by atoms with Gasteiger partial charge in [-0.15, -0.1) is 0 Å². The summed E-state index contributed by atoms with van der Waals surface area (Å²) in [6.45, 7) is 1.19. The molecule has 0 atom stereocenters. The highest BCUT2D eigenvalue weighted by molar-refractivity contribution is 7.89. The Labute approximate surface area is 147 Å². The van der Waals surface area contributed by atoms with Crippen LogP contribution in [0.5, 0.6) is 5.75 Å². The zero-order chi connectivity index (χ0) is 17.9. The molecule has 25 heavy (non-hydrogen) atoms. The Morgan fingerprint density at radius 2 is 1.64 bits per heavy atom. The summed E-state index contributed by atoms with van der Waals surface area (Å²) >= 11 is 0. The molecule has 3 aromatic carbocycles. The van der Waals surface area contributed by atoms with Crippen LogP contribution < -0.4 is 14.8 Å². The molecular weight excluding hydrogens is 336 g/mol. The number of anilines is 1. The first-order chi connectivity index (χ1) is 11.9. The number of fused-ring (bicyclic) bond motifs is 1. The molecule has 0 fully saturated rings. The Morgan fingerprint density at radius 3 is 2.32 bits per heavy atom. The second-order valence-electron chi connectivity index (χ2n) is 5.82. The molecule has 0 radical (unpaired) electrons. The van der Waals surface area contributed by atoms with Gasteiger partial charge in [-0.1, -0.05) is 30.3 Å². The first-order valence-corrected chi connectivity index (χ1v) is 9.44. The first kappa shape index (κ1) is 17.3. The van der Waals surface area contributed by atoms with Gasteiger partial charge in [-0.25, -0.2) is 13.6 Å². The van der Waals surface area contributed by atoms with Gasteiger partial charge in [0.25, 0.3) is 0 Å². The lowest BCUT2D eigenvalue weighted by Gasteiger charge is -2.20. The van der Waals surface area contributed by atoms with Crippen molar-refractivity contribution in [2.24, 2.45) is 5.14 Å². The smallest absolute Gasteiger partial charge is 0.238 e. The summed E-state index contributed by atoms with van der Waals surface area (Å²) in [6, 6.07) is 20.7. The van der Waals surface area contributed by atoms with Crippen LogP contribution in [0.2, 0.25) is 0 Å². The largest absolute Gasteiger partial charge is 0.492 e. The molecule has 0 unspecified atom stereocenters. The Hall–Kier alpha value is -2.57. The summed E-state index contributed by atoms with van der Waals surface area (Å²) in [5.74, 6) is 0.610. The van der Waals surface area contributed by atoms with Gasteiger partial charge in [-0.05, 0) is 47.2 Å². The number of nitrogens with two attached hydrogens (primary N) is 1. The maximum Gasteiger partial charge on any atom is 0.238 e. The molecule has 5 nitrogen and oxygen atoms in total. The van der Waals surface area contributed by atoms with E-state index < -0.39 is 10.0 Å². The molecule has 0 aliphatic carbocycles. The maximum absolute atomic E-state index is 11.2. The Bertz CT molecular complexity index is 969. The number of nitrogens with zero attached hydrogens (tertiary/aromatic N) is 1. The van der Waals surface area contributed by atoms with Crippen LogP contribution in [0.1, 0.15) is 0 Å². The van der Waals surface area contributed by atoms with Crippen molar-refractivity contribution in [3.63, 3.8) is 0 Å². The molecule has 0 aromatic heterocycles. The SMILES string of the molecule is CN(CCOc1ccc(S(N)(=O)=O)cc1)c1ccc2ccccc2c1. The molecule has 0 spiro atoms. The minimum Gasteiger partial charge on any atom is -0.492 e. The van der Waals surface area contributed by atoms with Crippen molar-refractivity contribution in [1.29, 1.82) is 0 Å². The summed E-state index contributed by atoms with van der Waals surface area (Å²) in [5, 5.41) is 7.49. The molecule has 0 bridgehead atoms. The minimum absolute atomic E-state index is 0.0770. The van der Waals surface area contributed by atoms with Crippen molar-refractivity contribution in [1.82, 2.24) is 0 Å². The minimum atomic E-state index is -3.67. The summed E-state index contributed by atoms with van der Waals surface area (Å²) < 4.78 is 28.1. The molecule has 3 aromatic rings. The number of rotatable bonds is 6. The standard InChI is InChI=1S/C19H20N2O3S/c1-21(17-7-6-15-4-2-3-5-16(15)14-17)12-13-24-18-8-10-19(11-9-18)25(20,22)23/h2-11,14H,12-13H2,1H3,(H2,20,22,23). The molecule has 130 valence electrons. The second kappa shape index (κ2) is 7.13. The second-order valence-corrected chi connectivity index (χ2v) is 7.38. The van der Waals surface area contributed by atoms with E-state index in [9.17, 15) is 8.42 Å². The van der Waals surface area contributed by atoms with Crippen molar-refractivity contribution in [3.05, 3.63) is 66.7 Å². The van der Waals surface area contributed by atoms with Crippen LogP contribution in [0, 0.1) is 0 Å². The molecule has 0 aliphatic heterocycles. The fourth-order valence-corrected chi connectivity index (χ4v) is 3.08. The molecule has 0 heterocycles. The van der Waals surface area contributed by atoms with Crippen molar-refractivity contribution in [2.75, 3.05) is 25.1 Å². The van der Waals surface area contributed by atoms with E-state index in [2.05, 4.69) is 35.2 Å². The van der Waals surface area contributed by atoms with Crippen molar-refractivity contribution >= 4 is 26.5 Å². The number of likely N-dealkylation sites (N-methyl/N-ethyl adjacent to an activating group) is 1. The number of hydrogen-bond acceptors (Lipinski definition) is 4. The Balaban J connectivity index is 1.59. The van der Waals surface area contributed by atoms with E-state index in [4.69, 9.17) is 9.88 Å². The zero-order valence-electron chi connectivity index (χ0n) is 13.9.